The van der Waals surface area contributed by atoms with Crippen LogP contribution in [-0.4, -0.2) is 29.4 Å². The second-order valence-electron chi connectivity index (χ2n) is 7.38. The summed E-state index contributed by atoms with van der Waals surface area (Å²) in [7, 11) is 0. The Hall–Kier alpha value is -1.06. The number of amides is 3. The summed E-state index contributed by atoms with van der Waals surface area (Å²) in [5.41, 5.74) is 0.228. The molecule has 104 valence electrons. The smallest absolute Gasteiger partial charge is 0.324 e. The van der Waals surface area contributed by atoms with Crippen LogP contribution in [-0.2, 0) is 4.79 Å². The van der Waals surface area contributed by atoms with Crippen molar-refractivity contribution in [1.82, 2.24) is 10.2 Å². The van der Waals surface area contributed by atoms with Crippen molar-refractivity contribution in [2.24, 2.45) is 23.2 Å². The highest BCUT2D eigenvalue weighted by Crippen LogP contribution is 2.62. The van der Waals surface area contributed by atoms with Gasteiger partial charge in [-0.05, 0) is 68.6 Å². The van der Waals surface area contributed by atoms with Gasteiger partial charge in [-0.15, -0.1) is 0 Å². The molecule has 19 heavy (non-hydrogen) atoms. The lowest BCUT2D eigenvalue weighted by Crippen LogP contribution is -2.57. The second-order valence-corrected chi connectivity index (χ2v) is 7.38. The summed E-state index contributed by atoms with van der Waals surface area (Å²) >= 11 is 0. The summed E-state index contributed by atoms with van der Waals surface area (Å²) in [6, 6.07) is -0.0934. The number of carbonyl (C=O) groups is 2. The molecular weight excluding hydrogens is 240 g/mol. The largest absolute Gasteiger partial charge is 0.329 e. The topological polar surface area (TPSA) is 49.4 Å². The lowest BCUT2D eigenvalue weighted by atomic mass is 9.47. The Labute approximate surface area is 113 Å². The highest BCUT2D eigenvalue weighted by Gasteiger charge is 2.56. The van der Waals surface area contributed by atoms with Gasteiger partial charge in [-0.25, -0.2) is 4.79 Å². The van der Waals surface area contributed by atoms with E-state index in [-0.39, 0.29) is 29.9 Å². The Morgan fingerprint density at radius 2 is 1.63 bits per heavy atom. The first-order valence-electron chi connectivity index (χ1n) is 7.67. The van der Waals surface area contributed by atoms with E-state index in [2.05, 4.69) is 12.2 Å². The third kappa shape index (κ3) is 1.58. The zero-order valence-corrected chi connectivity index (χ0v) is 11.5. The predicted octanol–water partition coefficient (Wildman–Crippen LogP) is 2.14. The molecule has 1 atom stereocenters. The molecule has 4 heteroatoms. The van der Waals surface area contributed by atoms with Crippen LogP contribution < -0.4 is 5.32 Å². The molecule has 4 bridgehead atoms. The van der Waals surface area contributed by atoms with Gasteiger partial charge in [0, 0.05) is 6.04 Å². The minimum atomic E-state index is -0.173. The van der Waals surface area contributed by atoms with Gasteiger partial charge >= 0.3 is 6.03 Å². The van der Waals surface area contributed by atoms with E-state index in [1.54, 1.807) is 0 Å². The van der Waals surface area contributed by atoms with Gasteiger partial charge in [-0.3, -0.25) is 9.69 Å². The van der Waals surface area contributed by atoms with Crippen molar-refractivity contribution in [1.29, 1.82) is 0 Å². The van der Waals surface area contributed by atoms with Gasteiger partial charge in [0.2, 0.25) is 5.91 Å². The zero-order chi connectivity index (χ0) is 13.2. The molecule has 4 saturated carbocycles. The molecule has 1 N–H and O–H groups in total. The van der Waals surface area contributed by atoms with Crippen molar-refractivity contribution in [2.45, 2.75) is 51.5 Å². The molecule has 0 spiro atoms. The molecule has 0 aromatic rings. The summed E-state index contributed by atoms with van der Waals surface area (Å²) in [5, 5.41) is 2.67. The van der Waals surface area contributed by atoms with Gasteiger partial charge < -0.3 is 5.32 Å². The van der Waals surface area contributed by atoms with Crippen LogP contribution in [0.25, 0.3) is 0 Å². The van der Waals surface area contributed by atoms with Gasteiger partial charge in [0.25, 0.3) is 0 Å². The summed E-state index contributed by atoms with van der Waals surface area (Å²) in [6.45, 7) is 2.30. The van der Waals surface area contributed by atoms with E-state index in [4.69, 9.17) is 0 Å². The summed E-state index contributed by atoms with van der Waals surface area (Å²) < 4.78 is 0. The first-order valence-corrected chi connectivity index (χ1v) is 7.67. The van der Waals surface area contributed by atoms with Crippen molar-refractivity contribution in [3.63, 3.8) is 0 Å². The van der Waals surface area contributed by atoms with Crippen molar-refractivity contribution in [3.8, 4) is 0 Å². The highest BCUT2D eigenvalue weighted by atomic mass is 16.2. The summed E-state index contributed by atoms with van der Waals surface area (Å²) in [4.78, 5) is 25.4. The van der Waals surface area contributed by atoms with Gasteiger partial charge in [-0.1, -0.05) is 0 Å². The third-order valence-electron chi connectivity index (χ3n) is 6.24. The van der Waals surface area contributed by atoms with Crippen LogP contribution in [0.4, 0.5) is 4.79 Å². The Bertz CT molecular complexity index is 394. The summed E-state index contributed by atoms with van der Waals surface area (Å²) in [5.74, 6) is 2.53. The lowest BCUT2D eigenvalue weighted by Gasteiger charge is -2.59. The molecule has 0 radical (unpaired) electrons. The number of nitrogens with zero attached hydrogens (tertiary/aromatic N) is 1. The molecule has 0 aromatic carbocycles. The zero-order valence-electron chi connectivity index (χ0n) is 11.5. The Balaban J connectivity index is 1.64. The van der Waals surface area contributed by atoms with Gasteiger partial charge in [0.15, 0.2) is 0 Å². The first kappa shape index (κ1) is 11.7. The first-order chi connectivity index (χ1) is 9.07. The van der Waals surface area contributed by atoms with Crippen molar-refractivity contribution in [2.75, 3.05) is 6.54 Å². The van der Waals surface area contributed by atoms with Crippen LogP contribution in [0, 0.1) is 23.2 Å². The lowest BCUT2D eigenvalue weighted by molar-refractivity contribution is -0.135. The molecule has 4 nitrogen and oxygen atoms in total. The average Bonchev–Trinajstić information content (AvgIpc) is 2.66. The number of carbonyl (C=O) groups excluding carboxylic acids is 2. The number of nitrogens with one attached hydrogen (secondary N) is 1. The van der Waals surface area contributed by atoms with Crippen molar-refractivity contribution >= 4 is 11.9 Å². The van der Waals surface area contributed by atoms with Crippen LogP contribution >= 0.6 is 0 Å². The molecule has 1 unspecified atom stereocenters. The van der Waals surface area contributed by atoms with Crippen LogP contribution in [0.3, 0.4) is 0 Å². The quantitative estimate of drug-likeness (QED) is 0.775. The minimum absolute atomic E-state index is 0.0340. The standard InChI is InChI=1S/C15H22N2O2/c1-9(17-13(18)8-16-14(17)19)15-5-10-2-11(6-15)4-12(3-10)7-15/h9-12H,2-8H2,1H3,(H,16,19). The number of rotatable bonds is 2. The maximum Gasteiger partial charge on any atom is 0.324 e. The monoisotopic (exact) mass is 262 g/mol. The molecule has 5 rings (SSSR count). The van der Waals surface area contributed by atoms with E-state index in [9.17, 15) is 9.59 Å². The van der Waals surface area contributed by atoms with Crippen LogP contribution in [0.5, 0.6) is 0 Å². The van der Waals surface area contributed by atoms with E-state index in [1.165, 1.54) is 43.4 Å². The number of urea groups is 1. The molecule has 4 aliphatic carbocycles. The van der Waals surface area contributed by atoms with Crippen molar-refractivity contribution < 1.29 is 9.59 Å². The summed E-state index contributed by atoms with van der Waals surface area (Å²) in [6.07, 6.45) is 7.88. The molecule has 1 saturated heterocycles. The predicted molar refractivity (Wildman–Crippen MR) is 70.3 cm³/mol. The van der Waals surface area contributed by atoms with E-state index < -0.39 is 0 Å². The van der Waals surface area contributed by atoms with E-state index in [0.29, 0.717) is 0 Å². The fourth-order valence-corrected chi connectivity index (χ4v) is 5.79. The molecule has 5 fully saturated rings. The minimum Gasteiger partial charge on any atom is -0.329 e. The van der Waals surface area contributed by atoms with Crippen LogP contribution in [0.2, 0.25) is 0 Å². The van der Waals surface area contributed by atoms with Gasteiger partial charge in [0.05, 0.1) is 6.54 Å². The number of hydrogen-bond acceptors (Lipinski definition) is 2. The van der Waals surface area contributed by atoms with E-state index in [0.717, 1.165) is 17.8 Å². The number of hydrogen-bond donors (Lipinski definition) is 1. The molecule has 0 aromatic heterocycles. The molecule has 1 aliphatic heterocycles. The van der Waals surface area contributed by atoms with Crippen LogP contribution in [0.15, 0.2) is 0 Å². The number of imide groups is 1. The molecule has 5 aliphatic rings. The van der Waals surface area contributed by atoms with E-state index >= 15 is 0 Å². The normalized spacial score (nSPS) is 45.7. The molecular formula is C15H22N2O2. The van der Waals surface area contributed by atoms with Crippen LogP contribution in [0.1, 0.15) is 45.4 Å². The third-order valence-corrected chi connectivity index (χ3v) is 6.24. The Kier molecular flexibility index (Phi) is 2.31. The second kappa shape index (κ2) is 3.74. The Morgan fingerprint density at radius 3 is 2.05 bits per heavy atom. The van der Waals surface area contributed by atoms with Gasteiger partial charge in [0.1, 0.15) is 0 Å². The Morgan fingerprint density at radius 1 is 1.11 bits per heavy atom. The van der Waals surface area contributed by atoms with E-state index in [1.807, 2.05) is 0 Å². The van der Waals surface area contributed by atoms with Crippen molar-refractivity contribution in [3.05, 3.63) is 0 Å². The molecule has 1 heterocycles. The average molecular weight is 262 g/mol. The fraction of sp³-hybridized carbons (Fsp3) is 0.867. The highest BCUT2D eigenvalue weighted by molar-refractivity contribution is 6.02. The SMILES string of the molecule is CC(N1C(=O)CNC1=O)C12CC3CC(CC(C3)C1)C2. The van der Waals surface area contributed by atoms with Gasteiger partial charge in [-0.2, -0.15) is 0 Å². The molecule has 3 amide bonds. The maximum absolute atomic E-state index is 12.0. The fourth-order valence-electron chi connectivity index (χ4n) is 5.79. The maximum atomic E-state index is 12.0.